The van der Waals surface area contributed by atoms with Crippen LogP contribution in [0.2, 0.25) is 0 Å². The summed E-state index contributed by atoms with van der Waals surface area (Å²) in [5.74, 6) is 0.738. The zero-order valence-electron chi connectivity index (χ0n) is 9.20. The Morgan fingerprint density at radius 2 is 2.35 bits per heavy atom. The maximum Gasteiger partial charge on any atom is 0.127 e. The van der Waals surface area contributed by atoms with Gasteiger partial charge in [-0.1, -0.05) is 0 Å². The fraction of sp³-hybridized carbons (Fsp3) is 0.167. The number of hydrogen-bond donors (Lipinski definition) is 1. The third-order valence-corrected chi connectivity index (χ3v) is 4.13. The van der Waals surface area contributed by atoms with E-state index in [-0.39, 0.29) is 0 Å². The first-order valence-electron chi connectivity index (χ1n) is 5.03. The van der Waals surface area contributed by atoms with Crippen LogP contribution in [0.1, 0.15) is 16.1 Å². The first kappa shape index (κ1) is 12.1. The summed E-state index contributed by atoms with van der Waals surface area (Å²) in [5, 5.41) is 14.1. The molecule has 86 valence electrons. The summed E-state index contributed by atoms with van der Waals surface area (Å²) in [7, 11) is 0. The van der Waals surface area contributed by atoms with Crippen LogP contribution in [0.4, 0.5) is 5.82 Å². The maximum atomic E-state index is 8.87. The van der Waals surface area contributed by atoms with E-state index in [1.54, 1.807) is 23.5 Å². The van der Waals surface area contributed by atoms with Gasteiger partial charge in [-0.05, 0) is 46.4 Å². The Hall–Kier alpha value is -1.38. The van der Waals surface area contributed by atoms with Crippen molar-refractivity contribution < 1.29 is 0 Å². The highest BCUT2D eigenvalue weighted by molar-refractivity contribution is 9.10. The second-order valence-electron chi connectivity index (χ2n) is 3.54. The Balaban J connectivity index is 2.12. The fourth-order valence-electron chi connectivity index (χ4n) is 1.45. The lowest BCUT2D eigenvalue weighted by Crippen LogP contribution is -2.01. The van der Waals surface area contributed by atoms with Crippen molar-refractivity contribution in [3.63, 3.8) is 0 Å². The van der Waals surface area contributed by atoms with Crippen LogP contribution >= 0.6 is 27.3 Å². The monoisotopic (exact) mass is 307 g/mol. The number of anilines is 1. The van der Waals surface area contributed by atoms with Crippen LogP contribution < -0.4 is 5.32 Å². The highest BCUT2D eigenvalue weighted by Gasteiger charge is 2.03. The second kappa shape index (κ2) is 5.30. The van der Waals surface area contributed by atoms with Gasteiger partial charge < -0.3 is 5.32 Å². The van der Waals surface area contributed by atoms with Crippen molar-refractivity contribution in [1.29, 1.82) is 5.26 Å². The first-order chi connectivity index (χ1) is 8.19. The molecule has 1 N–H and O–H groups in total. The molecule has 0 spiro atoms. The lowest BCUT2D eigenvalue weighted by molar-refractivity contribution is 1.10. The normalized spacial score (nSPS) is 9.94. The van der Waals surface area contributed by atoms with Gasteiger partial charge >= 0.3 is 0 Å². The van der Waals surface area contributed by atoms with Crippen LogP contribution in [0.15, 0.2) is 28.1 Å². The summed E-state index contributed by atoms with van der Waals surface area (Å²) >= 11 is 5.16. The topological polar surface area (TPSA) is 48.7 Å². The maximum absolute atomic E-state index is 8.87. The molecule has 17 heavy (non-hydrogen) atoms. The molecule has 2 rings (SSSR count). The standard InChI is InChI=1S/C12H10BrN3S/c1-8-4-9(6-14)5-12(16-8)15-7-11-10(13)2-3-17-11/h2-5H,7H2,1H3,(H,15,16). The Bertz CT molecular complexity index is 571. The van der Waals surface area contributed by atoms with Crippen molar-refractivity contribution in [2.24, 2.45) is 0 Å². The van der Waals surface area contributed by atoms with Gasteiger partial charge in [0.1, 0.15) is 5.82 Å². The Kier molecular flexibility index (Phi) is 3.77. The molecule has 5 heteroatoms. The quantitative estimate of drug-likeness (QED) is 0.940. The van der Waals surface area contributed by atoms with E-state index in [1.165, 1.54) is 4.88 Å². The van der Waals surface area contributed by atoms with Crippen LogP contribution in [-0.4, -0.2) is 4.98 Å². The van der Waals surface area contributed by atoms with Crippen molar-refractivity contribution in [3.8, 4) is 6.07 Å². The summed E-state index contributed by atoms with van der Waals surface area (Å²) in [6, 6.07) is 7.67. The highest BCUT2D eigenvalue weighted by Crippen LogP contribution is 2.23. The molecule has 2 heterocycles. The highest BCUT2D eigenvalue weighted by atomic mass is 79.9. The minimum absolute atomic E-state index is 0.630. The van der Waals surface area contributed by atoms with Crippen molar-refractivity contribution in [2.45, 2.75) is 13.5 Å². The number of aromatic nitrogens is 1. The fourth-order valence-corrected chi connectivity index (χ4v) is 2.88. The molecule has 0 amide bonds. The minimum atomic E-state index is 0.630. The predicted molar refractivity (Wildman–Crippen MR) is 73.0 cm³/mol. The molecular formula is C12H10BrN3S. The van der Waals surface area contributed by atoms with Gasteiger partial charge in [-0.3, -0.25) is 0 Å². The molecule has 0 aliphatic carbocycles. The van der Waals surface area contributed by atoms with Crippen LogP contribution in [-0.2, 0) is 6.54 Å². The minimum Gasteiger partial charge on any atom is -0.365 e. The lowest BCUT2D eigenvalue weighted by Gasteiger charge is -2.06. The molecule has 2 aromatic rings. The van der Waals surface area contributed by atoms with Crippen molar-refractivity contribution in [2.75, 3.05) is 5.32 Å². The second-order valence-corrected chi connectivity index (χ2v) is 5.39. The van der Waals surface area contributed by atoms with E-state index < -0.39 is 0 Å². The molecule has 0 unspecified atom stereocenters. The van der Waals surface area contributed by atoms with E-state index in [1.807, 2.05) is 18.4 Å². The number of aryl methyl sites for hydroxylation is 1. The molecule has 0 saturated carbocycles. The average molecular weight is 308 g/mol. The summed E-state index contributed by atoms with van der Waals surface area (Å²) in [6.45, 7) is 2.59. The van der Waals surface area contributed by atoms with Crippen molar-refractivity contribution in [1.82, 2.24) is 4.98 Å². The van der Waals surface area contributed by atoms with Gasteiger partial charge in [-0.2, -0.15) is 5.26 Å². The van der Waals surface area contributed by atoms with Gasteiger partial charge in [0.15, 0.2) is 0 Å². The van der Waals surface area contributed by atoms with Gasteiger partial charge in [0.2, 0.25) is 0 Å². The van der Waals surface area contributed by atoms with Gasteiger partial charge in [0.05, 0.1) is 18.2 Å². The molecule has 0 saturated heterocycles. The molecule has 3 nitrogen and oxygen atoms in total. The van der Waals surface area contributed by atoms with Crippen LogP contribution in [0.25, 0.3) is 0 Å². The third kappa shape index (κ3) is 3.05. The SMILES string of the molecule is Cc1cc(C#N)cc(NCc2sccc2Br)n1. The van der Waals surface area contributed by atoms with Gasteiger partial charge in [-0.15, -0.1) is 11.3 Å². The summed E-state index contributed by atoms with van der Waals surface area (Å²) in [6.07, 6.45) is 0. The summed E-state index contributed by atoms with van der Waals surface area (Å²) < 4.78 is 1.10. The van der Waals surface area contributed by atoms with E-state index in [0.717, 1.165) is 16.0 Å². The predicted octanol–water partition coefficient (Wildman–Crippen LogP) is 3.70. The number of nitriles is 1. The number of rotatable bonds is 3. The molecule has 0 radical (unpaired) electrons. The van der Waals surface area contributed by atoms with E-state index in [0.29, 0.717) is 12.1 Å². The molecule has 0 aliphatic rings. The molecule has 0 bridgehead atoms. The smallest absolute Gasteiger partial charge is 0.127 e. The Morgan fingerprint density at radius 1 is 1.53 bits per heavy atom. The van der Waals surface area contributed by atoms with Gasteiger partial charge in [0.25, 0.3) is 0 Å². The van der Waals surface area contributed by atoms with Crippen molar-refractivity contribution >= 4 is 33.1 Å². The average Bonchev–Trinajstić information content (AvgIpc) is 2.71. The molecular weight excluding hydrogens is 298 g/mol. The van der Waals surface area contributed by atoms with Gasteiger partial charge in [-0.25, -0.2) is 4.98 Å². The number of hydrogen-bond acceptors (Lipinski definition) is 4. The molecule has 0 aliphatic heterocycles. The number of nitrogens with zero attached hydrogens (tertiary/aromatic N) is 2. The zero-order valence-corrected chi connectivity index (χ0v) is 11.6. The molecule has 0 fully saturated rings. The first-order valence-corrected chi connectivity index (χ1v) is 6.71. The zero-order chi connectivity index (χ0) is 12.3. The largest absolute Gasteiger partial charge is 0.365 e. The number of pyridine rings is 1. The van der Waals surface area contributed by atoms with Crippen LogP contribution in [0, 0.1) is 18.3 Å². The number of thiophene rings is 1. The third-order valence-electron chi connectivity index (χ3n) is 2.20. The lowest BCUT2D eigenvalue weighted by atomic mass is 10.2. The van der Waals surface area contributed by atoms with E-state index in [2.05, 4.69) is 32.3 Å². The number of halogens is 1. The van der Waals surface area contributed by atoms with E-state index >= 15 is 0 Å². The molecule has 2 aromatic heterocycles. The summed E-state index contributed by atoms with van der Waals surface area (Å²) in [4.78, 5) is 5.55. The van der Waals surface area contributed by atoms with Crippen molar-refractivity contribution in [3.05, 3.63) is 44.2 Å². The Morgan fingerprint density at radius 3 is 3.00 bits per heavy atom. The number of nitrogens with one attached hydrogen (secondary N) is 1. The molecule has 0 atom stereocenters. The van der Waals surface area contributed by atoms with Gasteiger partial charge in [0, 0.05) is 15.0 Å². The van der Waals surface area contributed by atoms with Crippen LogP contribution in [0.3, 0.4) is 0 Å². The summed E-state index contributed by atoms with van der Waals surface area (Å²) in [5.41, 5.74) is 1.47. The molecule has 0 aromatic carbocycles. The van der Waals surface area contributed by atoms with E-state index in [4.69, 9.17) is 5.26 Å². The van der Waals surface area contributed by atoms with Crippen LogP contribution in [0.5, 0.6) is 0 Å². The van der Waals surface area contributed by atoms with E-state index in [9.17, 15) is 0 Å². The Labute approximate surface area is 112 Å².